The maximum Gasteiger partial charge on any atom is 0.324 e. The van der Waals surface area contributed by atoms with Crippen LogP contribution in [0.15, 0.2) is 49.1 Å². The average Bonchev–Trinajstić information content (AvgIpc) is 2.97. The number of H-pyrrole nitrogens is 1. The Morgan fingerprint density at radius 3 is 2.84 bits per heavy atom. The van der Waals surface area contributed by atoms with Crippen molar-refractivity contribution in [2.75, 3.05) is 17.2 Å². The minimum atomic E-state index is -0.340. The van der Waals surface area contributed by atoms with Gasteiger partial charge in [-0.1, -0.05) is 30.4 Å². The van der Waals surface area contributed by atoms with Crippen molar-refractivity contribution in [2.45, 2.75) is 13.8 Å². The van der Waals surface area contributed by atoms with Gasteiger partial charge in [-0.3, -0.25) is 10.4 Å². The van der Waals surface area contributed by atoms with Gasteiger partial charge in [0.15, 0.2) is 5.82 Å². The third kappa shape index (κ3) is 3.80. The molecule has 6 heteroatoms. The van der Waals surface area contributed by atoms with Crippen molar-refractivity contribution in [1.82, 2.24) is 10.2 Å². The van der Waals surface area contributed by atoms with Gasteiger partial charge in [-0.05, 0) is 37.6 Å². The number of anilines is 2. The minimum absolute atomic E-state index is 0.340. The largest absolute Gasteiger partial charge is 0.489 e. The molecular formula is C19H20N4O2. The van der Waals surface area contributed by atoms with E-state index in [1.54, 1.807) is 6.08 Å². The molecule has 2 amide bonds. The first kappa shape index (κ1) is 16.6. The first-order valence-electron chi connectivity index (χ1n) is 7.94. The highest BCUT2D eigenvalue weighted by atomic mass is 16.5. The number of amides is 2. The van der Waals surface area contributed by atoms with E-state index < -0.39 is 0 Å². The zero-order valence-electron chi connectivity index (χ0n) is 14.2. The molecule has 0 atom stereocenters. The minimum Gasteiger partial charge on any atom is -0.489 e. The quantitative estimate of drug-likeness (QED) is 0.605. The lowest BCUT2D eigenvalue weighted by Gasteiger charge is -2.09. The van der Waals surface area contributed by atoms with Crippen LogP contribution in [0, 0.1) is 13.8 Å². The molecule has 0 bridgehead atoms. The molecule has 3 N–H and O–H groups in total. The van der Waals surface area contributed by atoms with Gasteiger partial charge in [0, 0.05) is 17.1 Å². The maximum atomic E-state index is 12.3. The van der Waals surface area contributed by atoms with E-state index in [0.717, 1.165) is 27.7 Å². The lowest BCUT2D eigenvalue weighted by atomic mass is 10.1. The summed E-state index contributed by atoms with van der Waals surface area (Å²) in [5.74, 6) is 1.18. The fourth-order valence-electron chi connectivity index (χ4n) is 2.55. The molecule has 0 spiro atoms. The van der Waals surface area contributed by atoms with Crippen LogP contribution in [-0.2, 0) is 0 Å². The molecule has 25 heavy (non-hydrogen) atoms. The number of benzene rings is 2. The van der Waals surface area contributed by atoms with Gasteiger partial charge in [0.2, 0.25) is 0 Å². The number of aromatic amines is 1. The number of nitrogens with zero attached hydrogens (tertiary/aromatic N) is 1. The zero-order chi connectivity index (χ0) is 17.8. The highest BCUT2D eigenvalue weighted by Gasteiger charge is 2.11. The third-order valence-electron chi connectivity index (χ3n) is 3.76. The van der Waals surface area contributed by atoms with Crippen LogP contribution in [-0.4, -0.2) is 22.8 Å². The van der Waals surface area contributed by atoms with Gasteiger partial charge >= 0.3 is 6.03 Å². The first-order valence-corrected chi connectivity index (χ1v) is 7.94. The van der Waals surface area contributed by atoms with Crippen molar-refractivity contribution >= 4 is 28.4 Å². The second-order valence-corrected chi connectivity index (χ2v) is 5.78. The van der Waals surface area contributed by atoms with Gasteiger partial charge in [0.05, 0.1) is 5.52 Å². The lowest BCUT2D eigenvalue weighted by molar-refractivity contribution is 0.262. The summed E-state index contributed by atoms with van der Waals surface area (Å²) in [7, 11) is 0. The van der Waals surface area contributed by atoms with Gasteiger partial charge in [-0.25, -0.2) is 4.79 Å². The fourth-order valence-corrected chi connectivity index (χ4v) is 2.55. The number of urea groups is 1. The standard InChI is InChI=1S/C19H20N4O2/c1-4-9-25-14-6-7-15-17(11-14)22-23-18(15)21-19(24)20-16-8-5-12(2)10-13(16)3/h4-8,10-11H,1,9H2,2-3H3,(H3,20,21,22,23,24). The third-order valence-corrected chi connectivity index (χ3v) is 3.76. The predicted octanol–water partition coefficient (Wildman–Crippen LogP) is 4.39. The Morgan fingerprint density at radius 1 is 1.24 bits per heavy atom. The van der Waals surface area contributed by atoms with E-state index in [0.29, 0.717) is 18.2 Å². The first-order chi connectivity index (χ1) is 12.1. The van der Waals surface area contributed by atoms with Gasteiger partial charge < -0.3 is 10.1 Å². The number of ether oxygens (including phenoxy) is 1. The van der Waals surface area contributed by atoms with E-state index >= 15 is 0 Å². The van der Waals surface area contributed by atoms with Crippen molar-refractivity contribution in [3.05, 3.63) is 60.2 Å². The number of aromatic nitrogens is 2. The Kier molecular flexibility index (Phi) is 4.70. The number of nitrogens with one attached hydrogen (secondary N) is 3. The summed E-state index contributed by atoms with van der Waals surface area (Å²) in [6.45, 7) is 8.02. The SMILES string of the molecule is C=CCOc1ccc2c(NC(=O)Nc3ccc(C)cc3C)n[nH]c2c1. The summed E-state index contributed by atoms with van der Waals surface area (Å²) < 4.78 is 5.49. The molecule has 1 heterocycles. The molecule has 2 aromatic carbocycles. The number of rotatable bonds is 5. The van der Waals surface area contributed by atoms with Gasteiger partial charge in [0.25, 0.3) is 0 Å². The summed E-state index contributed by atoms with van der Waals surface area (Å²) in [6.07, 6.45) is 1.68. The van der Waals surface area contributed by atoms with Gasteiger partial charge in [-0.15, -0.1) is 0 Å². The summed E-state index contributed by atoms with van der Waals surface area (Å²) >= 11 is 0. The monoisotopic (exact) mass is 336 g/mol. The fraction of sp³-hybridized carbons (Fsp3) is 0.158. The van der Waals surface area contributed by atoms with Crippen molar-refractivity contribution < 1.29 is 9.53 Å². The molecule has 0 aliphatic carbocycles. The van der Waals surface area contributed by atoms with Crippen molar-refractivity contribution in [2.24, 2.45) is 0 Å². The number of carbonyl (C=O) groups is 1. The van der Waals surface area contributed by atoms with Crippen LogP contribution in [0.3, 0.4) is 0 Å². The van der Waals surface area contributed by atoms with Crippen molar-refractivity contribution in [1.29, 1.82) is 0 Å². The Morgan fingerprint density at radius 2 is 2.08 bits per heavy atom. The smallest absolute Gasteiger partial charge is 0.324 e. The van der Waals surface area contributed by atoms with Crippen molar-refractivity contribution in [3.8, 4) is 5.75 Å². The number of aryl methyl sites for hydroxylation is 2. The van der Waals surface area contributed by atoms with Crippen LogP contribution < -0.4 is 15.4 Å². The van der Waals surface area contributed by atoms with E-state index in [4.69, 9.17) is 4.74 Å². The van der Waals surface area contributed by atoms with E-state index in [2.05, 4.69) is 27.4 Å². The predicted molar refractivity (Wildman–Crippen MR) is 100 cm³/mol. The molecule has 6 nitrogen and oxygen atoms in total. The van der Waals surface area contributed by atoms with E-state index in [9.17, 15) is 4.79 Å². The summed E-state index contributed by atoms with van der Waals surface area (Å²) in [6, 6.07) is 11.0. The molecule has 1 aromatic heterocycles. The summed E-state index contributed by atoms with van der Waals surface area (Å²) in [4.78, 5) is 12.3. The topological polar surface area (TPSA) is 79.0 Å². The Bertz CT molecular complexity index is 930. The van der Waals surface area contributed by atoms with Crippen LogP contribution in [0.4, 0.5) is 16.3 Å². The maximum absolute atomic E-state index is 12.3. The second-order valence-electron chi connectivity index (χ2n) is 5.78. The Labute approximate surface area is 145 Å². The number of carbonyl (C=O) groups excluding carboxylic acids is 1. The van der Waals surface area contributed by atoms with Crippen molar-refractivity contribution in [3.63, 3.8) is 0 Å². The van der Waals surface area contributed by atoms with Crippen LogP contribution in [0.5, 0.6) is 5.75 Å². The molecule has 0 radical (unpaired) electrons. The molecule has 3 aromatic rings. The van der Waals surface area contributed by atoms with Gasteiger partial charge in [0.1, 0.15) is 12.4 Å². The average molecular weight is 336 g/mol. The van der Waals surface area contributed by atoms with Crippen LogP contribution in [0.25, 0.3) is 10.9 Å². The Hall–Kier alpha value is -3.28. The zero-order valence-corrected chi connectivity index (χ0v) is 14.2. The van der Waals surface area contributed by atoms with Gasteiger partial charge in [-0.2, -0.15) is 5.10 Å². The number of hydrogen-bond donors (Lipinski definition) is 3. The highest BCUT2D eigenvalue weighted by Crippen LogP contribution is 2.25. The molecule has 0 fully saturated rings. The molecule has 0 saturated heterocycles. The normalized spacial score (nSPS) is 10.5. The molecule has 0 aliphatic rings. The van der Waals surface area contributed by atoms with Crippen LogP contribution in [0.1, 0.15) is 11.1 Å². The van der Waals surface area contributed by atoms with E-state index in [1.807, 2.05) is 50.2 Å². The van der Waals surface area contributed by atoms with E-state index in [1.165, 1.54) is 0 Å². The molecule has 0 aliphatic heterocycles. The van der Waals surface area contributed by atoms with Crippen LogP contribution in [0.2, 0.25) is 0 Å². The molecule has 128 valence electrons. The summed E-state index contributed by atoms with van der Waals surface area (Å²) in [5, 5.41) is 13.5. The molecular weight excluding hydrogens is 316 g/mol. The lowest BCUT2D eigenvalue weighted by Crippen LogP contribution is -2.20. The van der Waals surface area contributed by atoms with E-state index in [-0.39, 0.29) is 6.03 Å². The highest BCUT2D eigenvalue weighted by molar-refractivity contribution is 6.04. The Balaban J connectivity index is 1.73. The molecule has 0 saturated carbocycles. The number of hydrogen-bond acceptors (Lipinski definition) is 3. The summed E-state index contributed by atoms with van der Waals surface area (Å²) in [5.41, 5.74) is 3.70. The molecule has 3 rings (SSSR count). The number of fused-ring (bicyclic) bond motifs is 1. The van der Waals surface area contributed by atoms with Crippen LogP contribution >= 0.6 is 0 Å². The molecule has 0 unspecified atom stereocenters. The second kappa shape index (κ2) is 7.09.